The molecule has 0 radical (unpaired) electrons. The first-order valence-corrected chi connectivity index (χ1v) is 9.72. The maximum Gasteiger partial charge on any atom is 0.317 e. The van der Waals surface area contributed by atoms with Crippen LogP contribution in [0.25, 0.3) is 0 Å². The minimum atomic E-state index is -0.0116. The number of methoxy groups -OCH3 is 2. The van der Waals surface area contributed by atoms with E-state index in [0.29, 0.717) is 12.6 Å². The summed E-state index contributed by atoms with van der Waals surface area (Å²) in [5.74, 6) is 1.57. The Kier molecular flexibility index (Phi) is 6.79. The van der Waals surface area contributed by atoms with Gasteiger partial charge in [-0.1, -0.05) is 0 Å². The fraction of sp³-hybridized carbons (Fsp3) is 0.650. The van der Waals surface area contributed by atoms with Crippen molar-refractivity contribution >= 4 is 6.03 Å². The van der Waals surface area contributed by atoms with E-state index in [0.717, 1.165) is 62.8 Å². The van der Waals surface area contributed by atoms with E-state index in [9.17, 15) is 4.79 Å². The van der Waals surface area contributed by atoms with Gasteiger partial charge in [-0.3, -0.25) is 4.90 Å². The number of carbonyl (C=O) groups is 1. The van der Waals surface area contributed by atoms with E-state index in [1.807, 2.05) is 23.1 Å². The van der Waals surface area contributed by atoms with Gasteiger partial charge in [-0.25, -0.2) is 4.79 Å². The summed E-state index contributed by atoms with van der Waals surface area (Å²) in [5.41, 5.74) is 1.01. The minimum Gasteiger partial charge on any atom is -0.497 e. The summed E-state index contributed by atoms with van der Waals surface area (Å²) in [5, 5.41) is 3.12. The third kappa shape index (κ3) is 4.65. The zero-order valence-electron chi connectivity index (χ0n) is 16.6. The predicted octanol–water partition coefficient (Wildman–Crippen LogP) is 2.27. The lowest BCUT2D eigenvalue weighted by molar-refractivity contribution is 0.0206. The van der Waals surface area contributed by atoms with E-state index in [4.69, 9.17) is 14.2 Å². The normalized spacial score (nSPS) is 21.7. The van der Waals surface area contributed by atoms with Crippen molar-refractivity contribution < 1.29 is 19.0 Å². The van der Waals surface area contributed by atoms with Crippen LogP contribution in [0.4, 0.5) is 4.79 Å². The van der Waals surface area contributed by atoms with Crippen molar-refractivity contribution in [2.24, 2.45) is 0 Å². The van der Waals surface area contributed by atoms with Gasteiger partial charge in [0, 0.05) is 37.8 Å². The summed E-state index contributed by atoms with van der Waals surface area (Å²) < 4.78 is 16.3. The van der Waals surface area contributed by atoms with Gasteiger partial charge >= 0.3 is 6.03 Å². The third-order valence-corrected chi connectivity index (χ3v) is 5.53. The fourth-order valence-corrected chi connectivity index (χ4v) is 3.92. The summed E-state index contributed by atoms with van der Waals surface area (Å²) in [4.78, 5) is 17.1. The summed E-state index contributed by atoms with van der Waals surface area (Å²) >= 11 is 0. The SMILES string of the molecule is COc1ccc(OC)c([C@H]2CCCN2C(=O)NC[C@H](C)N2CCOCC2)c1. The molecule has 2 saturated heterocycles. The van der Waals surface area contributed by atoms with Crippen LogP contribution in [0.5, 0.6) is 11.5 Å². The van der Waals surface area contributed by atoms with E-state index in [1.165, 1.54) is 0 Å². The number of amides is 2. The number of urea groups is 1. The quantitative estimate of drug-likeness (QED) is 0.824. The average molecular weight is 377 g/mol. The highest BCUT2D eigenvalue weighted by atomic mass is 16.5. The molecule has 150 valence electrons. The number of benzene rings is 1. The number of rotatable bonds is 6. The number of likely N-dealkylation sites (tertiary alicyclic amines) is 1. The van der Waals surface area contributed by atoms with Crippen LogP contribution in [0.15, 0.2) is 18.2 Å². The van der Waals surface area contributed by atoms with Crippen molar-refractivity contribution in [3.63, 3.8) is 0 Å². The molecule has 7 heteroatoms. The van der Waals surface area contributed by atoms with Crippen LogP contribution in [-0.4, -0.2) is 75.5 Å². The van der Waals surface area contributed by atoms with Gasteiger partial charge < -0.3 is 24.4 Å². The Morgan fingerprint density at radius 1 is 1.26 bits per heavy atom. The van der Waals surface area contributed by atoms with E-state index in [2.05, 4.69) is 17.1 Å². The molecule has 0 spiro atoms. The summed E-state index contributed by atoms with van der Waals surface area (Å²) in [7, 11) is 3.31. The molecule has 27 heavy (non-hydrogen) atoms. The van der Waals surface area contributed by atoms with Gasteiger partial charge in [0.15, 0.2) is 0 Å². The van der Waals surface area contributed by atoms with Crippen LogP contribution in [-0.2, 0) is 4.74 Å². The zero-order chi connectivity index (χ0) is 19.2. The maximum atomic E-state index is 12.9. The van der Waals surface area contributed by atoms with Crippen molar-refractivity contribution in [3.8, 4) is 11.5 Å². The summed E-state index contributed by atoms with van der Waals surface area (Å²) in [6.07, 6.45) is 1.91. The summed E-state index contributed by atoms with van der Waals surface area (Å²) in [6.45, 7) is 6.91. The monoisotopic (exact) mass is 377 g/mol. The van der Waals surface area contributed by atoms with Gasteiger partial charge in [0.1, 0.15) is 11.5 Å². The van der Waals surface area contributed by atoms with Gasteiger partial charge in [0.2, 0.25) is 0 Å². The molecule has 2 aliphatic heterocycles. The van der Waals surface area contributed by atoms with Crippen molar-refractivity contribution in [2.75, 3.05) is 53.6 Å². The van der Waals surface area contributed by atoms with Crippen LogP contribution >= 0.6 is 0 Å². The zero-order valence-corrected chi connectivity index (χ0v) is 16.6. The molecule has 0 aliphatic carbocycles. The number of ether oxygens (including phenoxy) is 3. The Balaban J connectivity index is 1.64. The molecule has 7 nitrogen and oxygen atoms in total. The molecular formula is C20H31N3O4. The minimum absolute atomic E-state index is 0.00810. The molecule has 0 aromatic heterocycles. The lowest BCUT2D eigenvalue weighted by Gasteiger charge is -2.33. The smallest absolute Gasteiger partial charge is 0.317 e. The average Bonchev–Trinajstić information content (AvgIpc) is 3.21. The second kappa shape index (κ2) is 9.28. The van der Waals surface area contributed by atoms with Crippen LogP contribution in [0.3, 0.4) is 0 Å². The Morgan fingerprint density at radius 3 is 2.74 bits per heavy atom. The Labute approximate surface area is 161 Å². The molecule has 1 aromatic rings. The van der Waals surface area contributed by atoms with Crippen molar-refractivity contribution in [1.82, 2.24) is 15.1 Å². The van der Waals surface area contributed by atoms with Gasteiger partial charge in [-0.05, 0) is 38.0 Å². The molecule has 2 amide bonds. The number of hydrogen-bond acceptors (Lipinski definition) is 5. The molecule has 1 aromatic carbocycles. The second-order valence-corrected chi connectivity index (χ2v) is 7.14. The lowest BCUT2D eigenvalue weighted by atomic mass is 10.0. The standard InChI is InChI=1S/C20H31N3O4/c1-15(22-9-11-27-12-10-22)14-21-20(24)23-8-4-5-18(23)17-13-16(25-2)6-7-19(17)26-3/h6-7,13,15,18H,4-5,8-12,14H2,1-3H3,(H,21,24)/t15-,18+/m0/s1. The Hall–Kier alpha value is -1.99. The first kappa shape index (κ1) is 19.8. The first-order chi connectivity index (χ1) is 13.1. The van der Waals surface area contributed by atoms with Gasteiger partial charge in [0.25, 0.3) is 0 Å². The van der Waals surface area contributed by atoms with Crippen molar-refractivity contribution in [3.05, 3.63) is 23.8 Å². The molecule has 2 atom stereocenters. The third-order valence-electron chi connectivity index (χ3n) is 5.53. The van der Waals surface area contributed by atoms with Gasteiger partial charge in [-0.2, -0.15) is 0 Å². The van der Waals surface area contributed by atoms with E-state index >= 15 is 0 Å². The summed E-state index contributed by atoms with van der Waals surface area (Å²) in [6, 6.07) is 6.06. The Bertz CT molecular complexity index is 634. The fourth-order valence-electron chi connectivity index (χ4n) is 3.92. The number of hydrogen-bond donors (Lipinski definition) is 1. The number of morpholine rings is 1. The molecule has 2 heterocycles. The van der Waals surface area contributed by atoms with Crippen LogP contribution < -0.4 is 14.8 Å². The molecule has 0 saturated carbocycles. The van der Waals surface area contributed by atoms with Gasteiger partial charge in [-0.15, -0.1) is 0 Å². The van der Waals surface area contributed by atoms with Crippen molar-refractivity contribution in [2.45, 2.75) is 31.8 Å². The van der Waals surface area contributed by atoms with E-state index in [1.54, 1.807) is 14.2 Å². The Morgan fingerprint density at radius 2 is 2.04 bits per heavy atom. The lowest BCUT2D eigenvalue weighted by Crippen LogP contribution is -2.49. The molecule has 1 N–H and O–H groups in total. The highest BCUT2D eigenvalue weighted by Crippen LogP contribution is 2.38. The molecule has 2 fully saturated rings. The van der Waals surface area contributed by atoms with Crippen LogP contribution in [0, 0.1) is 0 Å². The highest BCUT2D eigenvalue weighted by molar-refractivity contribution is 5.75. The predicted molar refractivity (Wildman–Crippen MR) is 103 cm³/mol. The second-order valence-electron chi connectivity index (χ2n) is 7.14. The molecule has 0 unspecified atom stereocenters. The number of carbonyl (C=O) groups excluding carboxylic acids is 1. The number of nitrogens with one attached hydrogen (secondary N) is 1. The topological polar surface area (TPSA) is 63.3 Å². The molecule has 3 rings (SSSR count). The number of nitrogens with zero attached hydrogens (tertiary/aromatic N) is 2. The largest absolute Gasteiger partial charge is 0.497 e. The van der Waals surface area contributed by atoms with Crippen molar-refractivity contribution in [1.29, 1.82) is 0 Å². The molecular weight excluding hydrogens is 346 g/mol. The van der Waals surface area contributed by atoms with Crippen LogP contribution in [0.1, 0.15) is 31.4 Å². The molecule has 2 aliphatic rings. The van der Waals surface area contributed by atoms with Crippen LogP contribution in [0.2, 0.25) is 0 Å². The first-order valence-electron chi connectivity index (χ1n) is 9.72. The van der Waals surface area contributed by atoms with Gasteiger partial charge in [0.05, 0.1) is 33.5 Å². The van der Waals surface area contributed by atoms with E-state index < -0.39 is 0 Å². The van der Waals surface area contributed by atoms with E-state index in [-0.39, 0.29) is 12.1 Å². The molecule has 0 bridgehead atoms. The maximum absolute atomic E-state index is 12.9. The highest BCUT2D eigenvalue weighted by Gasteiger charge is 2.32.